The van der Waals surface area contributed by atoms with E-state index in [1.165, 1.54) is 6.07 Å². The number of alkyl halides is 3. The van der Waals surface area contributed by atoms with Crippen LogP contribution in [0.15, 0.2) is 22.6 Å². The Kier molecular flexibility index (Phi) is 3.06. The second-order valence-electron chi connectivity index (χ2n) is 3.86. The molecule has 2 aromatic rings. The van der Waals surface area contributed by atoms with Gasteiger partial charge in [-0.3, -0.25) is 0 Å². The standard InChI is InChI=1S/C12H10F4O2/c1-2-7-8-5-6(13)3-4-9(8)18-10(7)12(15,16)11(14)17/h3-5,11,17H,2H2,1H3. The molecule has 2 nitrogen and oxygen atoms in total. The van der Waals surface area contributed by atoms with Crippen LogP contribution in [-0.4, -0.2) is 11.5 Å². The molecule has 18 heavy (non-hydrogen) atoms. The molecule has 1 N–H and O–H groups in total. The number of furan rings is 1. The topological polar surface area (TPSA) is 33.4 Å². The molecule has 0 saturated heterocycles. The molecule has 0 fully saturated rings. The summed E-state index contributed by atoms with van der Waals surface area (Å²) in [6.07, 6.45) is -3.26. The third-order valence-electron chi connectivity index (χ3n) is 2.71. The summed E-state index contributed by atoms with van der Waals surface area (Å²) in [6.45, 7) is 1.55. The quantitative estimate of drug-likeness (QED) is 0.858. The summed E-state index contributed by atoms with van der Waals surface area (Å²) in [6, 6.07) is 3.29. The Hall–Kier alpha value is -1.56. The zero-order valence-electron chi connectivity index (χ0n) is 9.38. The van der Waals surface area contributed by atoms with Crippen LogP contribution in [0.5, 0.6) is 0 Å². The van der Waals surface area contributed by atoms with E-state index in [-0.39, 0.29) is 23.0 Å². The van der Waals surface area contributed by atoms with E-state index >= 15 is 0 Å². The first-order chi connectivity index (χ1) is 8.37. The Morgan fingerprint density at radius 2 is 2.06 bits per heavy atom. The van der Waals surface area contributed by atoms with Gasteiger partial charge in [0, 0.05) is 10.9 Å². The van der Waals surface area contributed by atoms with Crippen molar-refractivity contribution in [3.63, 3.8) is 0 Å². The first kappa shape index (κ1) is 12.9. The summed E-state index contributed by atoms with van der Waals surface area (Å²) >= 11 is 0. The number of benzene rings is 1. The van der Waals surface area contributed by atoms with E-state index in [9.17, 15) is 17.6 Å². The first-order valence-electron chi connectivity index (χ1n) is 5.29. The van der Waals surface area contributed by atoms with Crippen LogP contribution in [0.25, 0.3) is 11.0 Å². The zero-order valence-corrected chi connectivity index (χ0v) is 9.38. The van der Waals surface area contributed by atoms with Crippen molar-refractivity contribution in [1.82, 2.24) is 0 Å². The second-order valence-corrected chi connectivity index (χ2v) is 3.86. The maximum atomic E-state index is 13.5. The van der Waals surface area contributed by atoms with Gasteiger partial charge >= 0.3 is 5.92 Å². The maximum absolute atomic E-state index is 13.5. The molecular weight excluding hydrogens is 252 g/mol. The van der Waals surface area contributed by atoms with Crippen molar-refractivity contribution in [2.24, 2.45) is 0 Å². The van der Waals surface area contributed by atoms with Gasteiger partial charge in [-0.25, -0.2) is 8.78 Å². The normalized spacial score (nSPS) is 14.1. The highest BCUT2D eigenvalue weighted by Gasteiger charge is 2.46. The summed E-state index contributed by atoms with van der Waals surface area (Å²) in [4.78, 5) is 0. The van der Waals surface area contributed by atoms with Gasteiger partial charge in [-0.2, -0.15) is 8.78 Å². The first-order valence-corrected chi connectivity index (χ1v) is 5.29. The highest BCUT2D eigenvalue weighted by Crippen LogP contribution is 2.40. The molecule has 0 radical (unpaired) electrons. The Bertz CT molecular complexity index is 575. The van der Waals surface area contributed by atoms with Crippen LogP contribution in [0.4, 0.5) is 17.6 Å². The van der Waals surface area contributed by atoms with Gasteiger partial charge in [0.15, 0.2) is 5.76 Å². The van der Waals surface area contributed by atoms with E-state index in [1.54, 1.807) is 6.92 Å². The highest BCUT2D eigenvalue weighted by atomic mass is 19.3. The Balaban J connectivity index is 2.72. The molecule has 1 heterocycles. The molecule has 0 amide bonds. The van der Waals surface area contributed by atoms with Crippen LogP contribution >= 0.6 is 0 Å². The van der Waals surface area contributed by atoms with Crippen molar-refractivity contribution < 1.29 is 27.1 Å². The fourth-order valence-corrected chi connectivity index (χ4v) is 1.85. The molecule has 2 rings (SSSR count). The number of fused-ring (bicyclic) bond motifs is 1. The lowest BCUT2D eigenvalue weighted by molar-refractivity contribution is -0.184. The highest BCUT2D eigenvalue weighted by molar-refractivity contribution is 5.82. The number of rotatable bonds is 3. The molecule has 1 unspecified atom stereocenters. The van der Waals surface area contributed by atoms with Crippen molar-refractivity contribution in [3.8, 4) is 0 Å². The van der Waals surface area contributed by atoms with Crippen LogP contribution < -0.4 is 0 Å². The largest absolute Gasteiger partial charge is 0.454 e. The van der Waals surface area contributed by atoms with Gasteiger partial charge in [0.25, 0.3) is 6.36 Å². The summed E-state index contributed by atoms with van der Waals surface area (Å²) in [5.41, 5.74) is 0.0229. The number of aliphatic hydroxyl groups is 1. The average molecular weight is 262 g/mol. The fourth-order valence-electron chi connectivity index (χ4n) is 1.85. The van der Waals surface area contributed by atoms with E-state index in [4.69, 9.17) is 9.52 Å². The van der Waals surface area contributed by atoms with Gasteiger partial charge in [-0.05, 0) is 24.6 Å². The summed E-state index contributed by atoms with van der Waals surface area (Å²) in [5.74, 6) is -5.71. The Morgan fingerprint density at radius 1 is 1.39 bits per heavy atom. The van der Waals surface area contributed by atoms with Gasteiger partial charge < -0.3 is 9.52 Å². The van der Waals surface area contributed by atoms with E-state index in [0.29, 0.717) is 0 Å². The van der Waals surface area contributed by atoms with Gasteiger partial charge in [0.2, 0.25) is 0 Å². The number of hydrogen-bond acceptors (Lipinski definition) is 2. The van der Waals surface area contributed by atoms with E-state index in [2.05, 4.69) is 0 Å². The van der Waals surface area contributed by atoms with Crippen LogP contribution in [-0.2, 0) is 12.3 Å². The molecular formula is C12H10F4O2. The average Bonchev–Trinajstić information content (AvgIpc) is 2.66. The third kappa shape index (κ3) is 1.86. The minimum Gasteiger partial charge on any atom is -0.454 e. The SMILES string of the molecule is CCc1c(C(F)(F)C(O)F)oc2ccc(F)cc12. The molecule has 0 aliphatic carbocycles. The van der Waals surface area contributed by atoms with Crippen molar-refractivity contribution in [2.45, 2.75) is 25.6 Å². The van der Waals surface area contributed by atoms with Gasteiger partial charge in [0.05, 0.1) is 0 Å². The number of hydrogen-bond donors (Lipinski definition) is 1. The monoisotopic (exact) mass is 262 g/mol. The minimum absolute atomic E-state index is 0.00815. The lowest BCUT2D eigenvalue weighted by atomic mass is 10.0. The van der Waals surface area contributed by atoms with E-state index < -0.39 is 23.9 Å². The lowest BCUT2D eigenvalue weighted by Crippen LogP contribution is -2.27. The molecule has 0 aliphatic heterocycles. The third-order valence-corrected chi connectivity index (χ3v) is 2.71. The number of halogens is 4. The van der Waals surface area contributed by atoms with Gasteiger partial charge in [0.1, 0.15) is 11.4 Å². The van der Waals surface area contributed by atoms with Crippen LogP contribution in [0.2, 0.25) is 0 Å². The van der Waals surface area contributed by atoms with E-state index in [1.807, 2.05) is 0 Å². The number of aryl methyl sites for hydroxylation is 1. The molecule has 1 aromatic heterocycles. The predicted molar refractivity (Wildman–Crippen MR) is 56.6 cm³/mol. The molecule has 1 aromatic carbocycles. The van der Waals surface area contributed by atoms with Crippen LogP contribution in [0, 0.1) is 5.82 Å². The summed E-state index contributed by atoms with van der Waals surface area (Å²) in [7, 11) is 0. The van der Waals surface area contributed by atoms with Crippen molar-refractivity contribution in [3.05, 3.63) is 35.3 Å². The minimum atomic E-state index is -4.15. The van der Waals surface area contributed by atoms with Crippen molar-refractivity contribution in [1.29, 1.82) is 0 Å². The second kappa shape index (κ2) is 4.28. The Labute approximate surface area is 99.8 Å². The van der Waals surface area contributed by atoms with E-state index in [0.717, 1.165) is 12.1 Å². The summed E-state index contributed by atoms with van der Waals surface area (Å²) < 4.78 is 57.4. The number of aliphatic hydroxyl groups excluding tert-OH is 1. The zero-order chi connectivity index (χ0) is 13.5. The summed E-state index contributed by atoms with van der Waals surface area (Å²) in [5, 5.41) is 8.64. The predicted octanol–water partition coefficient (Wildman–Crippen LogP) is 3.51. The smallest absolute Gasteiger partial charge is 0.359 e. The molecule has 0 aliphatic rings. The van der Waals surface area contributed by atoms with Gasteiger partial charge in [-0.1, -0.05) is 6.92 Å². The van der Waals surface area contributed by atoms with Crippen molar-refractivity contribution >= 4 is 11.0 Å². The Morgan fingerprint density at radius 3 is 2.61 bits per heavy atom. The van der Waals surface area contributed by atoms with Crippen molar-refractivity contribution in [2.75, 3.05) is 0 Å². The van der Waals surface area contributed by atoms with Crippen LogP contribution in [0.1, 0.15) is 18.2 Å². The maximum Gasteiger partial charge on any atom is 0.359 e. The molecule has 0 bridgehead atoms. The van der Waals surface area contributed by atoms with Gasteiger partial charge in [-0.15, -0.1) is 0 Å². The lowest BCUT2D eigenvalue weighted by Gasteiger charge is -2.15. The molecule has 6 heteroatoms. The molecule has 1 atom stereocenters. The molecule has 98 valence electrons. The van der Waals surface area contributed by atoms with Crippen LogP contribution in [0.3, 0.4) is 0 Å². The molecule has 0 spiro atoms. The fraction of sp³-hybridized carbons (Fsp3) is 0.333. The molecule has 0 saturated carbocycles.